The first kappa shape index (κ1) is 21.4. The molecule has 7 nitrogen and oxygen atoms in total. The first-order valence-electron chi connectivity index (χ1n) is 9.22. The van der Waals surface area contributed by atoms with E-state index in [2.05, 4.69) is 10.5 Å². The van der Waals surface area contributed by atoms with Crippen LogP contribution in [0.4, 0.5) is 5.69 Å². The molecule has 0 aliphatic heterocycles. The van der Waals surface area contributed by atoms with E-state index in [4.69, 9.17) is 14.0 Å². The van der Waals surface area contributed by atoms with E-state index in [-0.39, 0.29) is 6.61 Å². The average molecular weight is 426 g/mol. The Balaban J connectivity index is 1.47. The number of hydrogen-bond acceptors (Lipinski definition) is 7. The molecule has 0 radical (unpaired) electrons. The summed E-state index contributed by atoms with van der Waals surface area (Å²) in [5.74, 6) is 0.323. The van der Waals surface area contributed by atoms with E-state index in [9.17, 15) is 9.59 Å². The van der Waals surface area contributed by atoms with Crippen molar-refractivity contribution in [1.29, 1.82) is 0 Å². The van der Waals surface area contributed by atoms with Gasteiger partial charge >= 0.3 is 5.97 Å². The van der Waals surface area contributed by atoms with Crippen molar-refractivity contribution in [3.05, 3.63) is 71.1 Å². The van der Waals surface area contributed by atoms with Crippen LogP contribution in [0, 0.1) is 13.8 Å². The minimum absolute atomic E-state index is 0.322. The highest BCUT2D eigenvalue weighted by molar-refractivity contribution is 7.98. The van der Waals surface area contributed by atoms with Crippen molar-refractivity contribution in [2.75, 3.05) is 18.2 Å². The SMILES string of the molecule is CSc1ccc(NC(=O)COC(=O)c2ccc(OCc3c(C)noc3C)cc2)cc1. The first-order valence-corrected chi connectivity index (χ1v) is 10.4. The number of nitrogens with one attached hydrogen (secondary N) is 1. The van der Waals surface area contributed by atoms with Gasteiger partial charge in [0.2, 0.25) is 0 Å². The maximum absolute atomic E-state index is 12.2. The monoisotopic (exact) mass is 426 g/mol. The molecule has 0 aliphatic carbocycles. The highest BCUT2D eigenvalue weighted by atomic mass is 32.2. The summed E-state index contributed by atoms with van der Waals surface area (Å²) in [4.78, 5) is 25.2. The average Bonchev–Trinajstić information content (AvgIpc) is 3.08. The fraction of sp³-hybridized carbons (Fsp3) is 0.227. The van der Waals surface area contributed by atoms with E-state index in [0.717, 1.165) is 16.2 Å². The molecular formula is C22H22N2O5S. The Morgan fingerprint density at radius 1 is 1.07 bits per heavy atom. The summed E-state index contributed by atoms with van der Waals surface area (Å²) < 4.78 is 15.9. The third-order valence-corrected chi connectivity index (χ3v) is 5.11. The summed E-state index contributed by atoms with van der Waals surface area (Å²) in [7, 11) is 0. The molecule has 0 aliphatic rings. The number of hydrogen-bond donors (Lipinski definition) is 1. The molecule has 3 aromatic rings. The molecule has 3 rings (SSSR count). The number of carbonyl (C=O) groups excluding carboxylic acids is 2. The smallest absolute Gasteiger partial charge is 0.338 e. The number of esters is 1. The molecule has 2 aromatic carbocycles. The van der Waals surface area contributed by atoms with Crippen molar-refractivity contribution in [3.63, 3.8) is 0 Å². The number of rotatable bonds is 8. The predicted octanol–water partition coefficient (Wildman–Crippen LogP) is 4.39. The highest BCUT2D eigenvalue weighted by Gasteiger charge is 2.12. The summed E-state index contributed by atoms with van der Waals surface area (Å²) in [5, 5.41) is 6.57. The van der Waals surface area contributed by atoms with Crippen molar-refractivity contribution < 1.29 is 23.6 Å². The molecule has 0 atom stereocenters. The second-order valence-corrected chi connectivity index (χ2v) is 7.35. The summed E-state index contributed by atoms with van der Waals surface area (Å²) in [5.41, 5.74) is 2.66. The van der Waals surface area contributed by atoms with Gasteiger partial charge in [0.05, 0.1) is 16.8 Å². The second kappa shape index (κ2) is 9.98. The first-order chi connectivity index (χ1) is 14.5. The molecule has 0 spiro atoms. The topological polar surface area (TPSA) is 90.7 Å². The number of benzene rings is 2. The van der Waals surface area contributed by atoms with E-state index in [1.807, 2.05) is 32.2 Å². The van der Waals surface area contributed by atoms with Gasteiger partial charge in [-0.15, -0.1) is 11.8 Å². The number of ether oxygens (including phenoxy) is 2. The van der Waals surface area contributed by atoms with Crippen LogP contribution < -0.4 is 10.1 Å². The fourth-order valence-corrected chi connectivity index (χ4v) is 3.04. The second-order valence-electron chi connectivity index (χ2n) is 6.47. The fourth-order valence-electron chi connectivity index (χ4n) is 2.64. The lowest BCUT2D eigenvalue weighted by Crippen LogP contribution is -2.20. The Morgan fingerprint density at radius 2 is 1.77 bits per heavy atom. The van der Waals surface area contributed by atoms with Gasteiger partial charge in [-0.25, -0.2) is 4.79 Å². The van der Waals surface area contributed by atoms with E-state index in [1.54, 1.807) is 48.2 Å². The lowest BCUT2D eigenvalue weighted by atomic mass is 10.2. The minimum atomic E-state index is -0.583. The summed E-state index contributed by atoms with van der Waals surface area (Å²) in [6, 6.07) is 13.9. The van der Waals surface area contributed by atoms with Crippen LogP contribution in [0.2, 0.25) is 0 Å². The highest BCUT2D eigenvalue weighted by Crippen LogP contribution is 2.19. The molecule has 0 saturated heterocycles. The largest absolute Gasteiger partial charge is 0.489 e. The number of amides is 1. The van der Waals surface area contributed by atoms with Crippen LogP contribution in [0.25, 0.3) is 0 Å². The Bertz CT molecular complexity index is 994. The van der Waals surface area contributed by atoms with Gasteiger partial charge in [-0.2, -0.15) is 0 Å². The molecule has 0 unspecified atom stereocenters. The minimum Gasteiger partial charge on any atom is -0.489 e. The van der Waals surface area contributed by atoms with Crippen molar-refractivity contribution in [2.45, 2.75) is 25.3 Å². The summed E-state index contributed by atoms with van der Waals surface area (Å²) >= 11 is 1.61. The van der Waals surface area contributed by atoms with Crippen molar-refractivity contribution in [2.24, 2.45) is 0 Å². The van der Waals surface area contributed by atoms with E-state index >= 15 is 0 Å². The van der Waals surface area contributed by atoms with Crippen LogP contribution >= 0.6 is 11.8 Å². The molecule has 1 N–H and O–H groups in total. The number of anilines is 1. The molecule has 0 bridgehead atoms. The molecule has 1 aromatic heterocycles. The number of aromatic nitrogens is 1. The van der Waals surface area contributed by atoms with Crippen molar-refractivity contribution in [3.8, 4) is 5.75 Å². The molecule has 30 heavy (non-hydrogen) atoms. The third-order valence-electron chi connectivity index (χ3n) is 4.36. The van der Waals surface area contributed by atoms with E-state index in [0.29, 0.717) is 29.4 Å². The maximum Gasteiger partial charge on any atom is 0.338 e. The van der Waals surface area contributed by atoms with E-state index < -0.39 is 11.9 Å². The summed E-state index contributed by atoms with van der Waals surface area (Å²) in [6.45, 7) is 3.63. The molecule has 1 heterocycles. The van der Waals surface area contributed by atoms with Crippen LogP contribution in [0.5, 0.6) is 5.75 Å². The standard InChI is InChI=1S/C22H22N2O5S/c1-14-20(15(2)29-24-14)12-27-18-8-4-16(5-9-18)22(26)28-13-21(25)23-17-6-10-19(30-3)11-7-17/h4-11H,12-13H2,1-3H3,(H,23,25). The zero-order chi connectivity index (χ0) is 21.5. The number of thioether (sulfide) groups is 1. The van der Waals surface area contributed by atoms with Gasteiger partial charge in [0.1, 0.15) is 18.1 Å². The Morgan fingerprint density at radius 3 is 2.37 bits per heavy atom. The lowest BCUT2D eigenvalue weighted by Gasteiger charge is -2.08. The van der Waals surface area contributed by atoms with Crippen LogP contribution in [0.15, 0.2) is 57.9 Å². The van der Waals surface area contributed by atoms with Gasteiger partial charge in [-0.1, -0.05) is 5.16 Å². The Kier molecular flexibility index (Phi) is 7.13. The molecule has 156 valence electrons. The van der Waals surface area contributed by atoms with Gasteiger partial charge in [0, 0.05) is 10.6 Å². The lowest BCUT2D eigenvalue weighted by molar-refractivity contribution is -0.119. The molecule has 8 heteroatoms. The number of carbonyl (C=O) groups is 2. The van der Waals surface area contributed by atoms with Gasteiger partial charge in [-0.05, 0) is 68.6 Å². The van der Waals surface area contributed by atoms with Gasteiger partial charge in [0.15, 0.2) is 6.61 Å². The van der Waals surface area contributed by atoms with E-state index in [1.165, 1.54) is 0 Å². The third kappa shape index (κ3) is 5.64. The maximum atomic E-state index is 12.2. The quantitative estimate of drug-likeness (QED) is 0.422. The van der Waals surface area contributed by atoms with Crippen LogP contribution in [0.1, 0.15) is 27.4 Å². The summed E-state index contributed by atoms with van der Waals surface area (Å²) in [6.07, 6.45) is 1.98. The Hall–Kier alpha value is -3.26. The zero-order valence-corrected chi connectivity index (χ0v) is 17.7. The molecule has 0 fully saturated rings. The Labute approximate surface area is 178 Å². The number of nitrogens with zero attached hydrogens (tertiary/aromatic N) is 1. The van der Waals surface area contributed by atoms with Gasteiger partial charge < -0.3 is 19.3 Å². The zero-order valence-electron chi connectivity index (χ0n) is 16.9. The van der Waals surface area contributed by atoms with Crippen LogP contribution in [0.3, 0.4) is 0 Å². The van der Waals surface area contributed by atoms with Gasteiger partial charge in [0.25, 0.3) is 5.91 Å². The predicted molar refractivity (Wildman–Crippen MR) is 114 cm³/mol. The van der Waals surface area contributed by atoms with Gasteiger partial charge in [-0.3, -0.25) is 4.79 Å². The number of aryl methyl sites for hydroxylation is 2. The molecular weight excluding hydrogens is 404 g/mol. The van der Waals surface area contributed by atoms with Crippen LogP contribution in [-0.2, 0) is 16.1 Å². The molecule has 1 amide bonds. The van der Waals surface area contributed by atoms with Crippen LogP contribution in [-0.4, -0.2) is 29.9 Å². The van der Waals surface area contributed by atoms with Crippen molar-refractivity contribution in [1.82, 2.24) is 5.16 Å². The normalized spacial score (nSPS) is 10.5. The van der Waals surface area contributed by atoms with Crippen molar-refractivity contribution >= 4 is 29.3 Å². The molecule has 0 saturated carbocycles.